The molecule has 5 rings (SSSR count). The molecule has 0 aromatic heterocycles. The van der Waals surface area contributed by atoms with Gasteiger partial charge in [-0.05, 0) is 55.8 Å². The smallest absolute Gasteiger partial charge is 0.223 e. The van der Waals surface area contributed by atoms with Gasteiger partial charge >= 0.3 is 0 Å². The topological polar surface area (TPSA) is 50.4 Å². The summed E-state index contributed by atoms with van der Waals surface area (Å²) >= 11 is 0. The Hall–Kier alpha value is -0.610. The van der Waals surface area contributed by atoms with Crippen molar-refractivity contribution in [3.8, 4) is 0 Å². The second-order valence-corrected chi connectivity index (χ2v) is 7.40. The highest BCUT2D eigenvalue weighted by molar-refractivity contribution is 5.79. The quantitative estimate of drug-likeness (QED) is 0.814. The van der Waals surface area contributed by atoms with E-state index >= 15 is 0 Å². The van der Waals surface area contributed by atoms with E-state index in [1.807, 2.05) is 0 Å². The third kappa shape index (κ3) is 2.37. The molecule has 0 aromatic carbocycles. The molecule has 1 amide bonds. The number of carbonyl (C=O) groups excluding carboxylic acids is 1. The normalized spacial score (nSPS) is 46.4. The molecule has 112 valence electrons. The molecular formula is C16H26N2O2. The highest BCUT2D eigenvalue weighted by Crippen LogP contribution is 2.56. The summed E-state index contributed by atoms with van der Waals surface area (Å²) in [5.74, 6) is 3.85. The molecule has 4 heteroatoms. The van der Waals surface area contributed by atoms with E-state index in [4.69, 9.17) is 4.74 Å². The van der Waals surface area contributed by atoms with Crippen molar-refractivity contribution in [1.82, 2.24) is 10.6 Å². The summed E-state index contributed by atoms with van der Waals surface area (Å²) in [6.07, 6.45) is 6.85. The maximum absolute atomic E-state index is 12.6. The monoisotopic (exact) mass is 278 g/mol. The first kappa shape index (κ1) is 13.1. The van der Waals surface area contributed by atoms with E-state index in [0.717, 1.165) is 31.5 Å². The van der Waals surface area contributed by atoms with E-state index in [-0.39, 0.29) is 6.10 Å². The van der Waals surface area contributed by atoms with E-state index in [1.54, 1.807) is 0 Å². The standard InChI is InChI=1S/C16H26N2O2/c19-16(18-9-14-8-17-1-2-20-14)15-12-4-10-3-11(6-12)7-13(15)5-10/h10-15,17H,1-9H2,(H,18,19). The van der Waals surface area contributed by atoms with Crippen molar-refractivity contribution in [2.75, 3.05) is 26.2 Å². The van der Waals surface area contributed by atoms with Gasteiger partial charge in [0.1, 0.15) is 0 Å². The van der Waals surface area contributed by atoms with Crippen LogP contribution >= 0.6 is 0 Å². The van der Waals surface area contributed by atoms with Gasteiger partial charge in [0.05, 0.1) is 12.7 Å². The van der Waals surface area contributed by atoms with Gasteiger partial charge in [0.25, 0.3) is 0 Å². The first-order valence-corrected chi connectivity index (χ1v) is 8.39. The zero-order valence-electron chi connectivity index (χ0n) is 12.1. The fourth-order valence-electron chi connectivity index (χ4n) is 5.44. The van der Waals surface area contributed by atoms with Gasteiger partial charge in [0.15, 0.2) is 0 Å². The summed E-state index contributed by atoms with van der Waals surface area (Å²) in [7, 11) is 0. The number of nitrogens with one attached hydrogen (secondary N) is 2. The number of carbonyl (C=O) groups is 1. The molecule has 1 atom stereocenters. The van der Waals surface area contributed by atoms with Gasteiger partial charge in [0, 0.05) is 25.6 Å². The van der Waals surface area contributed by atoms with Crippen LogP contribution in [-0.4, -0.2) is 38.3 Å². The Morgan fingerprint density at radius 3 is 2.40 bits per heavy atom. The third-order valence-electron chi connectivity index (χ3n) is 6.04. The summed E-state index contributed by atoms with van der Waals surface area (Å²) in [5.41, 5.74) is 0. The largest absolute Gasteiger partial charge is 0.374 e. The third-order valence-corrected chi connectivity index (χ3v) is 6.04. The molecule has 1 saturated heterocycles. The summed E-state index contributed by atoms with van der Waals surface area (Å²) in [6, 6.07) is 0. The molecule has 1 unspecified atom stereocenters. The summed E-state index contributed by atoms with van der Waals surface area (Å²) in [4.78, 5) is 12.6. The van der Waals surface area contributed by atoms with Crippen molar-refractivity contribution in [1.29, 1.82) is 0 Å². The van der Waals surface area contributed by atoms with Crippen LogP contribution in [0.1, 0.15) is 32.1 Å². The van der Waals surface area contributed by atoms with Crippen molar-refractivity contribution < 1.29 is 9.53 Å². The summed E-state index contributed by atoms with van der Waals surface area (Å²) in [6.45, 7) is 3.23. The first-order valence-electron chi connectivity index (χ1n) is 8.39. The molecule has 2 N–H and O–H groups in total. The lowest BCUT2D eigenvalue weighted by Crippen LogP contribution is -2.53. The SMILES string of the molecule is O=C(NCC1CNCCO1)C1C2CC3CC(C2)CC1C3. The van der Waals surface area contributed by atoms with Crippen molar-refractivity contribution >= 4 is 5.91 Å². The highest BCUT2D eigenvalue weighted by atomic mass is 16.5. The molecule has 0 radical (unpaired) electrons. The Labute approximate surface area is 121 Å². The number of morpholine rings is 1. The maximum Gasteiger partial charge on any atom is 0.223 e. The Bertz CT molecular complexity index is 351. The van der Waals surface area contributed by atoms with Crippen molar-refractivity contribution in [2.45, 2.75) is 38.2 Å². The van der Waals surface area contributed by atoms with Crippen LogP contribution in [-0.2, 0) is 9.53 Å². The molecule has 1 heterocycles. The van der Waals surface area contributed by atoms with Crippen LogP contribution < -0.4 is 10.6 Å². The Kier molecular flexibility index (Phi) is 3.47. The van der Waals surface area contributed by atoms with Gasteiger partial charge in [-0.2, -0.15) is 0 Å². The minimum absolute atomic E-state index is 0.157. The van der Waals surface area contributed by atoms with Gasteiger partial charge in [-0.25, -0.2) is 0 Å². The van der Waals surface area contributed by atoms with Gasteiger partial charge in [0.2, 0.25) is 5.91 Å². The van der Waals surface area contributed by atoms with E-state index in [2.05, 4.69) is 10.6 Å². The maximum atomic E-state index is 12.6. The van der Waals surface area contributed by atoms with Crippen LogP contribution in [0.5, 0.6) is 0 Å². The lowest BCUT2D eigenvalue weighted by molar-refractivity contribution is -0.138. The average molecular weight is 278 g/mol. The average Bonchev–Trinajstić information content (AvgIpc) is 2.45. The van der Waals surface area contributed by atoms with Crippen LogP contribution in [0.25, 0.3) is 0 Å². The number of ether oxygens (including phenoxy) is 1. The van der Waals surface area contributed by atoms with Gasteiger partial charge in [-0.15, -0.1) is 0 Å². The fraction of sp³-hybridized carbons (Fsp3) is 0.938. The number of hydrogen-bond acceptors (Lipinski definition) is 3. The molecule has 4 bridgehead atoms. The molecule has 5 aliphatic rings. The predicted molar refractivity (Wildman–Crippen MR) is 76.2 cm³/mol. The van der Waals surface area contributed by atoms with E-state index in [0.29, 0.717) is 30.2 Å². The molecule has 4 aliphatic carbocycles. The minimum Gasteiger partial charge on any atom is -0.374 e. The summed E-state index contributed by atoms with van der Waals surface area (Å²) < 4.78 is 5.66. The van der Waals surface area contributed by atoms with Crippen LogP contribution in [0.15, 0.2) is 0 Å². The van der Waals surface area contributed by atoms with Gasteiger partial charge < -0.3 is 15.4 Å². The minimum atomic E-state index is 0.157. The zero-order chi connectivity index (χ0) is 13.5. The lowest BCUT2D eigenvalue weighted by atomic mass is 9.51. The number of rotatable bonds is 3. The van der Waals surface area contributed by atoms with E-state index in [9.17, 15) is 4.79 Å². The lowest BCUT2D eigenvalue weighted by Gasteiger charge is -2.53. The molecule has 4 nitrogen and oxygen atoms in total. The van der Waals surface area contributed by atoms with Crippen LogP contribution in [0, 0.1) is 29.6 Å². The van der Waals surface area contributed by atoms with Crippen LogP contribution in [0.2, 0.25) is 0 Å². The van der Waals surface area contributed by atoms with Crippen LogP contribution in [0.4, 0.5) is 0 Å². The predicted octanol–water partition coefficient (Wildman–Crippen LogP) is 1.16. The number of amides is 1. The molecule has 5 fully saturated rings. The number of hydrogen-bond donors (Lipinski definition) is 2. The van der Waals surface area contributed by atoms with Crippen molar-refractivity contribution in [3.63, 3.8) is 0 Å². The first-order chi connectivity index (χ1) is 9.79. The Morgan fingerprint density at radius 1 is 1.10 bits per heavy atom. The Balaban J connectivity index is 1.34. The molecule has 0 spiro atoms. The Morgan fingerprint density at radius 2 is 1.80 bits per heavy atom. The second-order valence-electron chi connectivity index (χ2n) is 7.40. The molecule has 20 heavy (non-hydrogen) atoms. The summed E-state index contributed by atoms with van der Waals surface area (Å²) in [5, 5.41) is 6.49. The van der Waals surface area contributed by atoms with Crippen molar-refractivity contribution in [2.24, 2.45) is 29.6 Å². The van der Waals surface area contributed by atoms with E-state index in [1.165, 1.54) is 32.1 Å². The molecule has 1 aliphatic heterocycles. The van der Waals surface area contributed by atoms with Gasteiger partial charge in [-0.1, -0.05) is 0 Å². The van der Waals surface area contributed by atoms with Crippen LogP contribution in [0.3, 0.4) is 0 Å². The second kappa shape index (κ2) is 5.30. The molecule has 0 aromatic rings. The molecule has 4 saturated carbocycles. The molecular weight excluding hydrogens is 252 g/mol. The fourth-order valence-corrected chi connectivity index (χ4v) is 5.44. The van der Waals surface area contributed by atoms with Crippen molar-refractivity contribution in [3.05, 3.63) is 0 Å². The highest BCUT2D eigenvalue weighted by Gasteiger charge is 2.50. The van der Waals surface area contributed by atoms with Gasteiger partial charge in [-0.3, -0.25) is 4.79 Å². The zero-order valence-corrected chi connectivity index (χ0v) is 12.1. The van der Waals surface area contributed by atoms with E-state index < -0.39 is 0 Å².